The van der Waals surface area contributed by atoms with Gasteiger partial charge in [0.05, 0.1) is 18.4 Å². The lowest BCUT2D eigenvalue weighted by Crippen LogP contribution is -2.28. The third-order valence-electron chi connectivity index (χ3n) is 3.62. The predicted octanol–water partition coefficient (Wildman–Crippen LogP) is 2.60. The molecule has 1 aliphatic rings. The van der Waals surface area contributed by atoms with E-state index in [0.29, 0.717) is 17.7 Å². The van der Waals surface area contributed by atoms with Gasteiger partial charge in [-0.15, -0.1) is 0 Å². The normalized spacial score (nSPS) is 16.0. The van der Waals surface area contributed by atoms with Crippen molar-refractivity contribution >= 4 is 23.3 Å². The van der Waals surface area contributed by atoms with Crippen LogP contribution in [0.4, 0.5) is 5.69 Å². The van der Waals surface area contributed by atoms with Crippen molar-refractivity contribution in [1.29, 1.82) is 0 Å². The minimum atomic E-state index is -0.693. The first-order valence-corrected chi connectivity index (χ1v) is 7.45. The van der Waals surface area contributed by atoms with Gasteiger partial charge in [0.1, 0.15) is 0 Å². The highest BCUT2D eigenvalue weighted by molar-refractivity contribution is 6.06. The molecule has 3 rings (SSSR count). The zero-order valence-corrected chi connectivity index (χ0v) is 13.1. The first-order chi connectivity index (χ1) is 11.7. The Morgan fingerprint density at radius 3 is 2.71 bits per heavy atom. The van der Waals surface area contributed by atoms with Crippen LogP contribution in [0.15, 0.2) is 59.8 Å². The molecule has 0 saturated carbocycles. The van der Waals surface area contributed by atoms with Gasteiger partial charge in [-0.3, -0.25) is 4.79 Å². The minimum Gasteiger partial charge on any atom is -0.465 e. The summed E-state index contributed by atoms with van der Waals surface area (Å²) < 4.78 is 4.66. The number of carbonyl (C=O) groups is 2. The lowest BCUT2D eigenvalue weighted by atomic mass is 10.0. The lowest BCUT2D eigenvalue weighted by molar-refractivity contribution is -0.125. The van der Waals surface area contributed by atoms with Gasteiger partial charge in [-0.1, -0.05) is 41.6 Å². The maximum Gasteiger partial charge on any atom is 0.337 e. The predicted molar refractivity (Wildman–Crippen MR) is 88.9 cm³/mol. The zero-order chi connectivity index (χ0) is 16.9. The molecule has 0 radical (unpaired) electrons. The van der Waals surface area contributed by atoms with Crippen molar-refractivity contribution < 1.29 is 19.2 Å². The fraction of sp³-hybridized carbons (Fsp3) is 0.167. The van der Waals surface area contributed by atoms with E-state index in [1.54, 1.807) is 24.3 Å². The molecule has 2 aromatic rings. The van der Waals surface area contributed by atoms with Crippen molar-refractivity contribution in [2.45, 2.75) is 12.5 Å². The fourth-order valence-electron chi connectivity index (χ4n) is 2.38. The van der Waals surface area contributed by atoms with Crippen LogP contribution in [0.3, 0.4) is 0 Å². The number of hydrogen-bond donors (Lipinski definition) is 1. The molecule has 0 unspecified atom stereocenters. The molecule has 1 amide bonds. The lowest BCUT2D eigenvalue weighted by Gasteiger charge is -2.10. The number of benzene rings is 2. The Kier molecular flexibility index (Phi) is 4.56. The van der Waals surface area contributed by atoms with Gasteiger partial charge in [0.25, 0.3) is 5.91 Å². The summed E-state index contributed by atoms with van der Waals surface area (Å²) in [5, 5.41) is 6.72. The number of oxime groups is 1. The number of rotatable bonds is 4. The van der Waals surface area contributed by atoms with Crippen LogP contribution in [0.5, 0.6) is 0 Å². The van der Waals surface area contributed by atoms with E-state index in [0.717, 1.165) is 11.3 Å². The first-order valence-electron chi connectivity index (χ1n) is 7.45. The van der Waals surface area contributed by atoms with Crippen LogP contribution in [0.25, 0.3) is 0 Å². The molecule has 0 fully saturated rings. The summed E-state index contributed by atoms with van der Waals surface area (Å²) in [5.41, 5.74) is 2.53. The van der Waals surface area contributed by atoms with E-state index in [9.17, 15) is 9.59 Å². The fourth-order valence-corrected chi connectivity index (χ4v) is 2.38. The topological polar surface area (TPSA) is 77.0 Å². The van der Waals surface area contributed by atoms with E-state index >= 15 is 0 Å². The van der Waals surface area contributed by atoms with Gasteiger partial charge >= 0.3 is 5.97 Å². The van der Waals surface area contributed by atoms with Crippen molar-refractivity contribution in [1.82, 2.24) is 0 Å². The van der Waals surface area contributed by atoms with E-state index in [1.165, 1.54) is 7.11 Å². The molecule has 0 spiro atoms. The van der Waals surface area contributed by atoms with E-state index in [4.69, 9.17) is 4.84 Å². The van der Waals surface area contributed by atoms with Crippen LogP contribution in [-0.2, 0) is 14.4 Å². The van der Waals surface area contributed by atoms with Crippen molar-refractivity contribution in [3.8, 4) is 0 Å². The van der Waals surface area contributed by atoms with Crippen LogP contribution < -0.4 is 5.32 Å². The number of nitrogens with zero attached hydrogens (tertiary/aromatic N) is 1. The summed E-state index contributed by atoms with van der Waals surface area (Å²) in [5.74, 6) is -0.774. The number of ether oxygens (including phenoxy) is 1. The van der Waals surface area contributed by atoms with Gasteiger partial charge in [0.15, 0.2) is 0 Å². The maximum absolute atomic E-state index is 12.3. The molecular formula is C18H16N2O4. The monoisotopic (exact) mass is 324 g/mol. The molecule has 6 nitrogen and oxygen atoms in total. The number of esters is 1. The van der Waals surface area contributed by atoms with Gasteiger partial charge in [-0.05, 0) is 23.8 Å². The van der Waals surface area contributed by atoms with Crippen LogP contribution in [0.2, 0.25) is 0 Å². The molecule has 2 aromatic carbocycles. The summed E-state index contributed by atoms with van der Waals surface area (Å²) >= 11 is 0. The average Bonchev–Trinajstić information content (AvgIpc) is 3.12. The van der Waals surface area contributed by atoms with Gasteiger partial charge < -0.3 is 14.9 Å². The van der Waals surface area contributed by atoms with Crippen LogP contribution in [0.1, 0.15) is 22.3 Å². The highest BCUT2D eigenvalue weighted by atomic mass is 16.6. The summed E-state index contributed by atoms with van der Waals surface area (Å²) in [7, 11) is 1.31. The molecule has 24 heavy (non-hydrogen) atoms. The second-order valence-electron chi connectivity index (χ2n) is 5.26. The third-order valence-corrected chi connectivity index (χ3v) is 3.62. The van der Waals surface area contributed by atoms with Crippen LogP contribution in [-0.4, -0.2) is 30.8 Å². The van der Waals surface area contributed by atoms with Crippen molar-refractivity contribution in [2.24, 2.45) is 5.16 Å². The highest BCUT2D eigenvalue weighted by Gasteiger charge is 2.28. The van der Waals surface area contributed by atoms with Gasteiger partial charge in [-0.2, -0.15) is 0 Å². The summed E-state index contributed by atoms with van der Waals surface area (Å²) in [6.45, 7) is 0. The standard InChI is InChI=1S/C18H16N2O4/c1-23-18(22)13-8-5-9-14(10-13)19-17(21)16-11-15(20-24-16)12-6-3-2-4-7-12/h2-10,16H,11H2,1H3,(H,19,21)/t16-/m1/s1. The number of nitrogens with one attached hydrogen (secondary N) is 1. The molecule has 1 heterocycles. The second-order valence-corrected chi connectivity index (χ2v) is 5.26. The number of amides is 1. The maximum atomic E-state index is 12.3. The van der Waals surface area contributed by atoms with Crippen LogP contribution in [0, 0.1) is 0 Å². The highest BCUT2D eigenvalue weighted by Crippen LogP contribution is 2.19. The minimum absolute atomic E-state index is 0.313. The van der Waals surface area contributed by atoms with Gasteiger partial charge in [0.2, 0.25) is 6.10 Å². The Labute approximate surface area is 139 Å². The Morgan fingerprint density at radius 1 is 1.17 bits per heavy atom. The first kappa shape index (κ1) is 15.7. The largest absolute Gasteiger partial charge is 0.465 e. The Balaban J connectivity index is 1.64. The molecule has 0 aromatic heterocycles. The smallest absolute Gasteiger partial charge is 0.337 e. The molecule has 1 aliphatic heterocycles. The molecule has 6 heteroatoms. The zero-order valence-electron chi connectivity index (χ0n) is 13.1. The molecular weight excluding hydrogens is 308 g/mol. The van der Waals surface area contributed by atoms with Crippen molar-refractivity contribution in [3.05, 3.63) is 65.7 Å². The number of methoxy groups -OCH3 is 1. The van der Waals surface area contributed by atoms with E-state index in [-0.39, 0.29) is 5.91 Å². The Bertz CT molecular complexity index is 787. The molecule has 1 atom stereocenters. The van der Waals surface area contributed by atoms with Gasteiger partial charge in [-0.25, -0.2) is 4.79 Å². The molecule has 1 N–H and O–H groups in total. The Hall–Kier alpha value is -3.15. The average molecular weight is 324 g/mol. The van der Waals surface area contributed by atoms with Crippen molar-refractivity contribution in [2.75, 3.05) is 12.4 Å². The number of carbonyl (C=O) groups excluding carboxylic acids is 2. The third kappa shape index (κ3) is 3.43. The molecule has 0 aliphatic carbocycles. The molecule has 122 valence electrons. The van der Waals surface area contributed by atoms with Crippen molar-refractivity contribution in [3.63, 3.8) is 0 Å². The molecule has 0 bridgehead atoms. The van der Waals surface area contributed by atoms with Gasteiger partial charge in [0, 0.05) is 12.1 Å². The van der Waals surface area contributed by atoms with E-state index < -0.39 is 12.1 Å². The number of hydrogen-bond acceptors (Lipinski definition) is 5. The number of anilines is 1. The molecule has 0 saturated heterocycles. The summed E-state index contributed by atoms with van der Waals surface area (Å²) in [6.07, 6.45) is -0.297. The van der Waals surface area contributed by atoms with E-state index in [2.05, 4.69) is 15.2 Å². The van der Waals surface area contributed by atoms with Crippen LogP contribution >= 0.6 is 0 Å². The van der Waals surface area contributed by atoms with E-state index in [1.807, 2.05) is 30.3 Å². The second kappa shape index (κ2) is 6.95. The quantitative estimate of drug-likeness (QED) is 0.877. The SMILES string of the molecule is COC(=O)c1cccc(NC(=O)[C@H]2CC(c3ccccc3)=NO2)c1. The summed E-state index contributed by atoms with van der Waals surface area (Å²) in [6, 6.07) is 16.1. The summed E-state index contributed by atoms with van der Waals surface area (Å²) in [4.78, 5) is 29.1. The Morgan fingerprint density at radius 2 is 1.96 bits per heavy atom.